The Labute approximate surface area is 98.1 Å². The molecule has 0 aromatic heterocycles. The number of likely N-dealkylation sites (N-methyl/N-ethyl adjacent to an activating group) is 1. The van der Waals surface area contributed by atoms with Gasteiger partial charge < -0.3 is 15.4 Å². The van der Waals surface area contributed by atoms with Gasteiger partial charge in [0.1, 0.15) is 6.10 Å². The molecule has 0 aromatic rings. The van der Waals surface area contributed by atoms with Gasteiger partial charge >= 0.3 is 0 Å². The minimum atomic E-state index is -0.357. The highest BCUT2D eigenvalue weighted by atomic mass is 16.5. The fraction of sp³-hybridized carbons (Fsp3) is 0.917. The second-order valence-corrected chi connectivity index (χ2v) is 4.64. The van der Waals surface area contributed by atoms with Gasteiger partial charge in [0.2, 0.25) is 5.91 Å². The number of hydrogen-bond acceptors (Lipinski definition) is 3. The van der Waals surface area contributed by atoms with Gasteiger partial charge in [-0.25, -0.2) is 0 Å². The van der Waals surface area contributed by atoms with E-state index >= 15 is 0 Å². The molecule has 1 saturated carbocycles. The summed E-state index contributed by atoms with van der Waals surface area (Å²) in [5.74, 6) is 0.0230. The van der Waals surface area contributed by atoms with Crippen LogP contribution in [0.15, 0.2) is 0 Å². The lowest BCUT2D eigenvalue weighted by Crippen LogP contribution is -2.42. The molecule has 94 valence electrons. The lowest BCUT2D eigenvalue weighted by molar-refractivity contribution is -0.135. The van der Waals surface area contributed by atoms with Crippen molar-refractivity contribution in [2.24, 2.45) is 0 Å². The Kier molecular flexibility index (Phi) is 5.77. The lowest BCUT2D eigenvalue weighted by Gasteiger charge is -2.20. The first-order valence-corrected chi connectivity index (χ1v) is 6.24. The van der Waals surface area contributed by atoms with Crippen LogP contribution >= 0.6 is 0 Å². The molecular formula is C12H24N2O2. The standard InChI is InChI=1S/C12H24N2O2/c1-9(8-13-3)16-10(2)12(15)14-11-6-4-5-7-11/h9-11,13H,4-8H2,1-3H3,(H,14,15). The van der Waals surface area contributed by atoms with Gasteiger partial charge in [-0.2, -0.15) is 0 Å². The molecule has 2 unspecified atom stereocenters. The van der Waals surface area contributed by atoms with E-state index in [-0.39, 0.29) is 18.1 Å². The van der Waals surface area contributed by atoms with Crippen LogP contribution < -0.4 is 10.6 Å². The molecule has 1 fully saturated rings. The monoisotopic (exact) mass is 228 g/mol. The Hall–Kier alpha value is -0.610. The average Bonchev–Trinajstić information content (AvgIpc) is 2.70. The molecule has 0 aliphatic heterocycles. The predicted molar refractivity (Wildman–Crippen MR) is 64.3 cm³/mol. The molecule has 0 heterocycles. The maximum Gasteiger partial charge on any atom is 0.249 e. The molecule has 2 atom stereocenters. The van der Waals surface area contributed by atoms with Crippen LogP contribution in [0.3, 0.4) is 0 Å². The molecule has 4 heteroatoms. The van der Waals surface area contributed by atoms with Gasteiger partial charge in [-0.15, -0.1) is 0 Å². The minimum absolute atomic E-state index is 0.0230. The number of ether oxygens (including phenoxy) is 1. The number of rotatable bonds is 6. The zero-order valence-electron chi connectivity index (χ0n) is 10.6. The van der Waals surface area contributed by atoms with E-state index in [1.165, 1.54) is 12.8 Å². The topological polar surface area (TPSA) is 50.4 Å². The van der Waals surface area contributed by atoms with Crippen LogP contribution in [-0.4, -0.2) is 37.7 Å². The second kappa shape index (κ2) is 6.86. The van der Waals surface area contributed by atoms with Crippen LogP contribution in [-0.2, 0) is 9.53 Å². The van der Waals surface area contributed by atoms with Crippen molar-refractivity contribution in [3.8, 4) is 0 Å². The van der Waals surface area contributed by atoms with Crippen molar-refractivity contribution in [3.63, 3.8) is 0 Å². The van der Waals surface area contributed by atoms with E-state index in [0.717, 1.165) is 19.4 Å². The van der Waals surface area contributed by atoms with Crippen molar-refractivity contribution >= 4 is 5.91 Å². The summed E-state index contributed by atoms with van der Waals surface area (Å²) in [6.45, 7) is 4.55. The third-order valence-corrected chi connectivity index (χ3v) is 3.00. The highest BCUT2D eigenvalue weighted by Crippen LogP contribution is 2.17. The largest absolute Gasteiger partial charge is 0.364 e. The van der Waals surface area contributed by atoms with Crippen molar-refractivity contribution in [1.82, 2.24) is 10.6 Å². The molecule has 0 radical (unpaired) electrons. The van der Waals surface area contributed by atoms with Gasteiger partial charge in [0.15, 0.2) is 0 Å². The van der Waals surface area contributed by atoms with Gasteiger partial charge in [-0.05, 0) is 33.7 Å². The number of carbonyl (C=O) groups is 1. The molecule has 0 aromatic carbocycles. The van der Waals surface area contributed by atoms with Gasteiger partial charge in [-0.3, -0.25) is 4.79 Å². The molecule has 4 nitrogen and oxygen atoms in total. The van der Waals surface area contributed by atoms with E-state index in [4.69, 9.17) is 4.74 Å². The lowest BCUT2D eigenvalue weighted by atomic mass is 10.2. The van der Waals surface area contributed by atoms with E-state index in [1.807, 2.05) is 20.9 Å². The fourth-order valence-electron chi connectivity index (χ4n) is 2.13. The first kappa shape index (κ1) is 13.5. The van der Waals surface area contributed by atoms with Crippen LogP contribution in [0.4, 0.5) is 0 Å². The number of carbonyl (C=O) groups excluding carboxylic acids is 1. The Bertz CT molecular complexity index is 215. The van der Waals surface area contributed by atoms with Crippen LogP contribution in [0.5, 0.6) is 0 Å². The maximum atomic E-state index is 11.8. The van der Waals surface area contributed by atoms with Crippen molar-refractivity contribution in [3.05, 3.63) is 0 Å². The molecule has 1 amide bonds. The first-order valence-electron chi connectivity index (χ1n) is 6.24. The van der Waals surface area contributed by atoms with E-state index in [1.54, 1.807) is 0 Å². The quantitative estimate of drug-likeness (QED) is 0.714. The molecule has 16 heavy (non-hydrogen) atoms. The summed E-state index contributed by atoms with van der Waals surface area (Å²) in [6.07, 6.45) is 4.40. The van der Waals surface area contributed by atoms with Gasteiger partial charge in [-0.1, -0.05) is 12.8 Å². The summed E-state index contributed by atoms with van der Waals surface area (Å²) in [4.78, 5) is 11.8. The summed E-state index contributed by atoms with van der Waals surface area (Å²) in [5.41, 5.74) is 0. The molecular weight excluding hydrogens is 204 g/mol. The summed E-state index contributed by atoms with van der Waals surface area (Å²) in [6, 6.07) is 0.373. The molecule has 0 bridgehead atoms. The summed E-state index contributed by atoms with van der Waals surface area (Å²) in [7, 11) is 1.88. The maximum absolute atomic E-state index is 11.8. The van der Waals surface area contributed by atoms with Crippen molar-refractivity contribution < 1.29 is 9.53 Å². The van der Waals surface area contributed by atoms with Gasteiger partial charge in [0.05, 0.1) is 6.10 Å². The third-order valence-electron chi connectivity index (χ3n) is 3.00. The Morgan fingerprint density at radius 3 is 2.56 bits per heavy atom. The molecule has 1 aliphatic carbocycles. The number of hydrogen-bond donors (Lipinski definition) is 2. The number of amides is 1. The molecule has 1 rings (SSSR count). The molecule has 1 aliphatic rings. The molecule has 0 saturated heterocycles. The molecule has 2 N–H and O–H groups in total. The van der Waals surface area contributed by atoms with Crippen LogP contribution in [0.1, 0.15) is 39.5 Å². The Morgan fingerprint density at radius 1 is 1.38 bits per heavy atom. The van der Waals surface area contributed by atoms with Crippen LogP contribution in [0.25, 0.3) is 0 Å². The normalized spacial score (nSPS) is 20.7. The zero-order valence-corrected chi connectivity index (χ0v) is 10.6. The third kappa shape index (κ3) is 4.49. The Morgan fingerprint density at radius 2 is 2.00 bits per heavy atom. The van der Waals surface area contributed by atoms with E-state index in [0.29, 0.717) is 6.04 Å². The van der Waals surface area contributed by atoms with Gasteiger partial charge in [0, 0.05) is 12.6 Å². The highest BCUT2D eigenvalue weighted by Gasteiger charge is 2.21. The minimum Gasteiger partial charge on any atom is -0.364 e. The SMILES string of the molecule is CNCC(C)OC(C)C(=O)NC1CCCC1. The number of nitrogens with one attached hydrogen (secondary N) is 2. The van der Waals surface area contributed by atoms with Crippen LogP contribution in [0, 0.1) is 0 Å². The second-order valence-electron chi connectivity index (χ2n) is 4.64. The summed E-state index contributed by atoms with van der Waals surface area (Å²) >= 11 is 0. The van der Waals surface area contributed by atoms with E-state index < -0.39 is 0 Å². The van der Waals surface area contributed by atoms with Gasteiger partial charge in [0.25, 0.3) is 0 Å². The van der Waals surface area contributed by atoms with Crippen molar-refractivity contribution in [2.75, 3.05) is 13.6 Å². The Balaban J connectivity index is 2.23. The predicted octanol–water partition coefficient (Wildman–Crippen LogP) is 1.06. The van der Waals surface area contributed by atoms with Crippen LogP contribution in [0.2, 0.25) is 0 Å². The molecule has 0 spiro atoms. The summed E-state index contributed by atoms with van der Waals surface area (Å²) in [5, 5.41) is 6.07. The zero-order chi connectivity index (χ0) is 12.0. The average molecular weight is 228 g/mol. The van der Waals surface area contributed by atoms with E-state index in [2.05, 4.69) is 10.6 Å². The first-order chi connectivity index (χ1) is 7.63. The van der Waals surface area contributed by atoms with Crippen molar-refractivity contribution in [2.45, 2.75) is 57.8 Å². The smallest absolute Gasteiger partial charge is 0.249 e. The van der Waals surface area contributed by atoms with Crippen molar-refractivity contribution in [1.29, 1.82) is 0 Å². The van der Waals surface area contributed by atoms with E-state index in [9.17, 15) is 4.79 Å². The fourth-order valence-corrected chi connectivity index (χ4v) is 2.13. The summed E-state index contributed by atoms with van der Waals surface area (Å²) < 4.78 is 5.59. The highest BCUT2D eigenvalue weighted by molar-refractivity contribution is 5.80.